The summed E-state index contributed by atoms with van der Waals surface area (Å²) in [7, 11) is 1.46. The summed E-state index contributed by atoms with van der Waals surface area (Å²) in [4.78, 5) is 11.3. The van der Waals surface area contributed by atoms with Crippen LogP contribution in [0.25, 0.3) is 0 Å². The molecule has 0 saturated carbocycles. The zero-order chi connectivity index (χ0) is 13.8. The van der Waals surface area contributed by atoms with Gasteiger partial charge in [0, 0.05) is 11.9 Å². The zero-order valence-corrected chi connectivity index (χ0v) is 10.4. The molecule has 100 valence electrons. The number of benzene rings is 1. The second-order valence-electron chi connectivity index (χ2n) is 3.44. The molecular formula is C11H12F3NO2S. The van der Waals surface area contributed by atoms with Gasteiger partial charge in [0.05, 0.1) is 17.9 Å². The van der Waals surface area contributed by atoms with Gasteiger partial charge < -0.3 is 10.4 Å². The van der Waals surface area contributed by atoms with Gasteiger partial charge in [-0.1, -0.05) is 6.07 Å². The van der Waals surface area contributed by atoms with Crippen molar-refractivity contribution in [3.05, 3.63) is 29.3 Å². The van der Waals surface area contributed by atoms with Gasteiger partial charge in [-0.15, -0.1) is 11.8 Å². The summed E-state index contributed by atoms with van der Waals surface area (Å²) >= 11 is 1.01. The van der Waals surface area contributed by atoms with Gasteiger partial charge in [-0.2, -0.15) is 13.2 Å². The quantitative estimate of drug-likeness (QED) is 0.829. The normalized spacial score (nSPS) is 11.4. The average molecular weight is 279 g/mol. The second kappa shape index (κ2) is 6.10. The Kier molecular flexibility index (Phi) is 5.03. The molecule has 0 aromatic heterocycles. The number of hydrogen-bond donors (Lipinski definition) is 2. The molecule has 0 unspecified atom stereocenters. The Morgan fingerprint density at radius 1 is 1.44 bits per heavy atom. The molecule has 0 bridgehead atoms. The fourth-order valence-electron chi connectivity index (χ4n) is 1.27. The molecule has 1 amide bonds. The van der Waals surface area contributed by atoms with E-state index in [4.69, 9.17) is 5.11 Å². The lowest BCUT2D eigenvalue weighted by molar-refractivity contribution is -0.138. The van der Waals surface area contributed by atoms with Crippen molar-refractivity contribution in [3.63, 3.8) is 0 Å². The molecule has 0 fully saturated rings. The van der Waals surface area contributed by atoms with Crippen LogP contribution in [0.15, 0.2) is 23.1 Å². The molecule has 0 aliphatic heterocycles. The number of thioether (sulfide) groups is 1. The van der Waals surface area contributed by atoms with Crippen molar-refractivity contribution in [1.82, 2.24) is 5.32 Å². The molecule has 0 saturated heterocycles. The highest BCUT2D eigenvalue weighted by molar-refractivity contribution is 8.00. The van der Waals surface area contributed by atoms with Crippen molar-refractivity contribution >= 4 is 17.7 Å². The number of aliphatic hydroxyl groups excluding tert-OH is 1. The molecule has 0 aliphatic carbocycles. The predicted octanol–water partition coefficient (Wildman–Crippen LogP) is 2.04. The highest BCUT2D eigenvalue weighted by Crippen LogP contribution is 2.34. The summed E-state index contributed by atoms with van der Waals surface area (Å²) in [6, 6.07) is 3.61. The van der Waals surface area contributed by atoms with Crippen LogP contribution in [0.2, 0.25) is 0 Å². The standard InChI is InChI=1S/C11H12F3NO2S/c1-15-10(17)6-18-8-3-2-7(5-16)9(4-8)11(12,13)14/h2-4,16H,5-6H2,1H3,(H,15,17). The summed E-state index contributed by atoms with van der Waals surface area (Å²) in [5, 5.41) is 11.2. The SMILES string of the molecule is CNC(=O)CSc1ccc(CO)c(C(F)(F)F)c1. The third-order valence-corrected chi connectivity index (χ3v) is 3.20. The highest BCUT2D eigenvalue weighted by Gasteiger charge is 2.33. The van der Waals surface area contributed by atoms with Gasteiger partial charge in [0.2, 0.25) is 5.91 Å². The first-order valence-corrected chi connectivity index (χ1v) is 6.01. The van der Waals surface area contributed by atoms with E-state index in [1.165, 1.54) is 19.2 Å². The third-order valence-electron chi connectivity index (χ3n) is 2.21. The summed E-state index contributed by atoms with van der Waals surface area (Å²) in [5.41, 5.74) is -1.04. The van der Waals surface area contributed by atoms with Gasteiger partial charge in [-0.25, -0.2) is 0 Å². The first kappa shape index (κ1) is 14.8. The van der Waals surface area contributed by atoms with Gasteiger partial charge in [0.15, 0.2) is 0 Å². The van der Waals surface area contributed by atoms with Crippen molar-refractivity contribution in [3.8, 4) is 0 Å². The summed E-state index contributed by atoms with van der Waals surface area (Å²) in [5.74, 6) is -0.216. The van der Waals surface area contributed by atoms with Crippen LogP contribution in [-0.2, 0) is 17.6 Å². The zero-order valence-electron chi connectivity index (χ0n) is 9.54. The number of hydrogen-bond acceptors (Lipinski definition) is 3. The number of carbonyl (C=O) groups excluding carboxylic acids is 1. The fourth-order valence-corrected chi connectivity index (χ4v) is 2.08. The number of alkyl halides is 3. The first-order chi connectivity index (χ1) is 8.38. The summed E-state index contributed by atoms with van der Waals surface area (Å²) in [6.45, 7) is -0.671. The Morgan fingerprint density at radius 2 is 2.11 bits per heavy atom. The number of rotatable bonds is 4. The van der Waals surface area contributed by atoms with Crippen LogP contribution in [0.4, 0.5) is 13.2 Å². The maximum Gasteiger partial charge on any atom is 0.416 e. The van der Waals surface area contributed by atoms with Crippen LogP contribution in [-0.4, -0.2) is 23.8 Å². The Morgan fingerprint density at radius 3 is 2.61 bits per heavy atom. The molecule has 0 heterocycles. The van der Waals surface area contributed by atoms with Crippen LogP contribution in [0.5, 0.6) is 0 Å². The average Bonchev–Trinajstić information content (AvgIpc) is 2.34. The molecule has 1 rings (SSSR count). The lowest BCUT2D eigenvalue weighted by Crippen LogP contribution is -2.19. The smallest absolute Gasteiger partial charge is 0.392 e. The third kappa shape index (κ3) is 3.92. The molecule has 0 atom stereocenters. The summed E-state index contributed by atoms with van der Waals surface area (Å²) in [6.07, 6.45) is -4.51. The summed E-state index contributed by atoms with van der Waals surface area (Å²) < 4.78 is 38.0. The topological polar surface area (TPSA) is 49.3 Å². The lowest BCUT2D eigenvalue weighted by Gasteiger charge is -2.12. The lowest BCUT2D eigenvalue weighted by atomic mass is 10.1. The minimum atomic E-state index is -4.51. The molecule has 0 aliphatic rings. The largest absolute Gasteiger partial charge is 0.416 e. The number of nitrogens with one attached hydrogen (secondary N) is 1. The van der Waals surface area contributed by atoms with E-state index in [1.54, 1.807) is 0 Å². The van der Waals surface area contributed by atoms with Crippen molar-refractivity contribution < 1.29 is 23.1 Å². The minimum Gasteiger partial charge on any atom is -0.392 e. The van der Waals surface area contributed by atoms with Gasteiger partial charge in [0.1, 0.15) is 0 Å². The van der Waals surface area contributed by atoms with Crippen LogP contribution in [0.3, 0.4) is 0 Å². The van der Waals surface area contributed by atoms with Gasteiger partial charge >= 0.3 is 6.18 Å². The van der Waals surface area contributed by atoms with Gasteiger partial charge in [-0.05, 0) is 17.7 Å². The van der Waals surface area contributed by atoms with Crippen molar-refractivity contribution in [2.24, 2.45) is 0 Å². The molecule has 0 radical (unpaired) electrons. The van der Waals surface area contributed by atoms with Crippen molar-refractivity contribution in [1.29, 1.82) is 0 Å². The monoisotopic (exact) mass is 279 g/mol. The first-order valence-electron chi connectivity index (χ1n) is 5.03. The van der Waals surface area contributed by atoms with E-state index >= 15 is 0 Å². The molecule has 7 heteroatoms. The van der Waals surface area contributed by atoms with E-state index in [0.717, 1.165) is 17.8 Å². The Labute approximate surface area is 106 Å². The van der Waals surface area contributed by atoms with E-state index in [2.05, 4.69) is 5.32 Å². The second-order valence-corrected chi connectivity index (χ2v) is 4.49. The maximum atomic E-state index is 12.7. The number of carbonyl (C=O) groups is 1. The Balaban J connectivity index is 2.93. The molecule has 1 aromatic carbocycles. The van der Waals surface area contributed by atoms with Crippen LogP contribution in [0, 0.1) is 0 Å². The van der Waals surface area contributed by atoms with E-state index < -0.39 is 18.3 Å². The van der Waals surface area contributed by atoms with Crippen LogP contribution < -0.4 is 5.32 Å². The van der Waals surface area contributed by atoms with E-state index in [0.29, 0.717) is 4.90 Å². The Hall–Kier alpha value is -1.21. The predicted molar refractivity (Wildman–Crippen MR) is 62.2 cm³/mol. The van der Waals surface area contributed by atoms with E-state index in [1.807, 2.05) is 0 Å². The molecule has 3 nitrogen and oxygen atoms in total. The van der Waals surface area contributed by atoms with Crippen LogP contribution in [0.1, 0.15) is 11.1 Å². The van der Waals surface area contributed by atoms with E-state index in [9.17, 15) is 18.0 Å². The maximum absolute atomic E-state index is 12.7. The molecule has 1 aromatic rings. The van der Waals surface area contributed by atoms with Crippen molar-refractivity contribution in [2.75, 3.05) is 12.8 Å². The molecule has 0 spiro atoms. The molecule has 2 N–H and O–H groups in total. The van der Waals surface area contributed by atoms with Crippen molar-refractivity contribution in [2.45, 2.75) is 17.7 Å². The number of amides is 1. The Bertz CT molecular complexity index is 435. The minimum absolute atomic E-state index is 0.0479. The number of aliphatic hydroxyl groups is 1. The van der Waals surface area contributed by atoms with E-state index in [-0.39, 0.29) is 17.2 Å². The highest BCUT2D eigenvalue weighted by atomic mass is 32.2. The van der Waals surface area contributed by atoms with Gasteiger partial charge in [-0.3, -0.25) is 4.79 Å². The molecular weight excluding hydrogens is 267 g/mol. The number of halogens is 3. The van der Waals surface area contributed by atoms with Gasteiger partial charge in [0.25, 0.3) is 0 Å². The van der Waals surface area contributed by atoms with Crippen LogP contribution >= 0.6 is 11.8 Å². The fraction of sp³-hybridized carbons (Fsp3) is 0.364. The molecule has 18 heavy (non-hydrogen) atoms.